The van der Waals surface area contributed by atoms with Crippen LogP contribution in [0.3, 0.4) is 0 Å². The quantitative estimate of drug-likeness (QED) is 0.695. The number of likely N-dealkylation sites (tertiary alicyclic amines) is 1. The number of benzene rings is 1. The van der Waals surface area contributed by atoms with E-state index >= 15 is 0 Å². The third-order valence-electron chi connectivity index (χ3n) is 5.96. The van der Waals surface area contributed by atoms with Crippen LogP contribution in [0.25, 0.3) is 11.1 Å². The summed E-state index contributed by atoms with van der Waals surface area (Å²) in [5.74, 6) is 0.104. The minimum atomic E-state index is -0.433. The van der Waals surface area contributed by atoms with Crippen molar-refractivity contribution in [1.29, 1.82) is 0 Å². The Kier molecular flexibility index (Phi) is 3.96. The highest BCUT2D eigenvalue weighted by atomic mass is 16.4. The molecule has 2 atom stereocenters. The van der Waals surface area contributed by atoms with E-state index < -0.39 is 5.76 Å². The summed E-state index contributed by atoms with van der Waals surface area (Å²) in [5, 5.41) is 0. The van der Waals surface area contributed by atoms with Crippen LogP contribution in [0, 0.1) is 5.92 Å². The first-order valence-corrected chi connectivity index (χ1v) is 9.66. The zero-order chi connectivity index (χ0) is 19.3. The number of rotatable bonds is 3. The molecule has 5 rings (SSSR count). The number of oxazole rings is 1. The molecule has 4 heterocycles. The molecule has 1 saturated heterocycles. The molecule has 0 unspecified atom stereocenters. The first-order valence-electron chi connectivity index (χ1n) is 9.66. The summed E-state index contributed by atoms with van der Waals surface area (Å²) >= 11 is 0. The second kappa shape index (κ2) is 6.51. The highest BCUT2D eigenvalue weighted by molar-refractivity contribution is 5.77. The van der Waals surface area contributed by atoms with Gasteiger partial charge in [0.05, 0.1) is 5.52 Å². The molecule has 2 aliphatic heterocycles. The van der Waals surface area contributed by atoms with E-state index in [1.807, 2.05) is 33.7 Å². The molecule has 144 valence electrons. The number of nitrogens with zero attached hydrogens (tertiary/aromatic N) is 3. The van der Waals surface area contributed by atoms with Crippen molar-refractivity contribution in [3.63, 3.8) is 0 Å². The molecule has 0 radical (unpaired) electrons. The van der Waals surface area contributed by atoms with E-state index in [1.165, 1.54) is 4.57 Å². The number of fused-ring (bicyclic) bond motifs is 5. The maximum atomic E-state index is 12.9. The first kappa shape index (κ1) is 17.0. The molecular formula is C21H21N3O4. The normalized spacial score (nSPS) is 20.9. The molecule has 3 aromatic rings. The summed E-state index contributed by atoms with van der Waals surface area (Å²) in [5.41, 5.74) is 2.31. The van der Waals surface area contributed by atoms with E-state index in [-0.39, 0.29) is 23.8 Å². The lowest BCUT2D eigenvalue weighted by Crippen LogP contribution is -2.49. The fourth-order valence-electron chi connectivity index (χ4n) is 4.69. The number of carbonyl (C=O) groups is 1. The van der Waals surface area contributed by atoms with Crippen LogP contribution in [0.4, 0.5) is 0 Å². The summed E-state index contributed by atoms with van der Waals surface area (Å²) in [6.45, 7) is 2.26. The molecule has 1 aromatic carbocycles. The summed E-state index contributed by atoms with van der Waals surface area (Å²) in [6, 6.07) is 12.6. The second-order valence-electron chi connectivity index (χ2n) is 7.73. The average Bonchev–Trinajstić information content (AvgIpc) is 3.02. The summed E-state index contributed by atoms with van der Waals surface area (Å²) < 4.78 is 8.62. The van der Waals surface area contributed by atoms with Crippen molar-refractivity contribution < 1.29 is 9.21 Å². The van der Waals surface area contributed by atoms with Gasteiger partial charge in [-0.3, -0.25) is 14.2 Å². The van der Waals surface area contributed by atoms with Crippen molar-refractivity contribution in [2.75, 3.05) is 13.1 Å². The first-order chi connectivity index (χ1) is 13.6. The van der Waals surface area contributed by atoms with Crippen molar-refractivity contribution in [2.24, 2.45) is 5.92 Å². The zero-order valence-corrected chi connectivity index (χ0v) is 15.4. The van der Waals surface area contributed by atoms with Crippen LogP contribution in [0.15, 0.2) is 56.5 Å². The molecule has 0 aliphatic carbocycles. The smallest absolute Gasteiger partial charge is 0.408 e. The molecule has 2 aliphatic rings. The molecule has 0 saturated carbocycles. The van der Waals surface area contributed by atoms with Crippen LogP contribution in [-0.2, 0) is 17.9 Å². The van der Waals surface area contributed by atoms with Gasteiger partial charge in [-0.25, -0.2) is 4.79 Å². The van der Waals surface area contributed by atoms with Crippen molar-refractivity contribution in [1.82, 2.24) is 14.0 Å². The molecule has 28 heavy (non-hydrogen) atoms. The molecule has 1 amide bonds. The average molecular weight is 379 g/mol. The molecule has 7 heteroatoms. The number of piperidine rings is 1. The van der Waals surface area contributed by atoms with E-state index in [2.05, 4.69) is 0 Å². The SMILES string of the molecule is O=C(CCn1c(=O)oc2ccccc21)N1C[C@H]2C[C@@H](C1)c1cccc(=O)n1C2. The van der Waals surface area contributed by atoms with Gasteiger partial charge in [0, 0.05) is 50.3 Å². The van der Waals surface area contributed by atoms with Crippen molar-refractivity contribution >= 4 is 17.0 Å². The minimum absolute atomic E-state index is 0.0400. The predicted molar refractivity (Wildman–Crippen MR) is 103 cm³/mol. The van der Waals surface area contributed by atoms with Crippen molar-refractivity contribution in [3.8, 4) is 0 Å². The van der Waals surface area contributed by atoms with Gasteiger partial charge in [0.1, 0.15) is 0 Å². The van der Waals surface area contributed by atoms with E-state index in [4.69, 9.17) is 4.42 Å². The van der Waals surface area contributed by atoms with Crippen LogP contribution < -0.4 is 11.3 Å². The Hall–Kier alpha value is -3.09. The Morgan fingerprint density at radius 1 is 1.04 bits per heavy atom. The Bertz CT molecular complexity index is 1170. The molecule has 0 N–H and O–H groups in total. The second-order valence-corrected chi connectivity index (χ2v) is 7.73. The number of hydrogen-bond donors (Lipinski definition) is 0. The summed E-state index contributed by atoms with van der Waals surface area (Å²) in [4.78, 5) is 39.0. The van der Waals surface area contributed by atoms with Crippen LogP contribution in [0.2, 0.25) is 0 Å². The van der Waals surface area contributed by atoms with Gasteiger partial charge in [0.25, 0.3) is 5.56 Å². The maximum absolute atomic E-state index is 12.9. The fraction of sp³-hybridized carbons (Fsp3) is 0.381. The summed E-state index contributed by atoms with van der Waals surface area (Å²) in [7, 11) is 0. The van der Waals surface area contributed by atoms with Crippen LogP contribution in [0.5, 0.6) is 0 Å². The van der Waals surface area contributed by atoms with Crippen LogP contribution in [-0.4, -0.2) is 33.0 Å². The molecule has 2 aromatic heterocycles. The van der Waals surface area contributed by atoms with Gasteiger partial charge < -0.3 is 13.9 Å². The van der Waals surface area contributed by atoms with Crippen molar-refractivity contribution in [2.45, 2.75) is 31.8 Å². The van der Waals surface area contributed by atoms with Gasteiger partial charge in [-0.15, -0.1) is 0 Å². The lowest BCUT2D eigenvalue weighted by atomic mass is 9.83. The van der Waals surface area contributed by atoms with Gasteiger partial charge in [0.15, 0.2) is 5.58 Å². The number of pyridine rings is 1. The summed E-state index contributed by atoms with van der Waals surface area (Å²) in [6.07, 6.45) is 1.27. The number of hydrogen-bond acceptors (Lipinski definition) is 4. The largest absolute Gasteiger partial charge is 0.419 e. The Morgan fingerprint density at radius 2 is 1.89 bits per heavy atom. The highest BCUT2D eigenvalue weighted by Crippen LogP contribution is 2.35. The third-order valence-corrected chi connectivity index (χ3v) is 5.96. The Morgan fingerprint density at radius 3 is 2.79 bits per heavy atom. The molecular weight excluding hydrogens is 358 g/mol. The topological polar surface area (TPSA) is 77.5 Å². The maximum Gasteiger partial charge on any atom is 0.419 e. The van der Waals surface area contributed by atoms with E-state index in [0.717, 1.165) is 12.1 Å². The number of aromatic nitrogens is 2. The third kappa shape index (κ3) is 2.78. The van der Waals surface area contributed by atoms with Gasteiger partial charge in [0.2, 0.25) is 5.91 Å². The number of carbonyl (C=O) groups excluding carboxylic acids is 1. The Labute approximate surface area is 160 Å². The molecule has 7 nitrogen and oxygen atoms in total. The van der Waals surface area contributed by atoms with Gasteiger partial charge in [-0.1, -0.05) is 18.2 Å². The molecule has 1 fully saturated rings. The lowest BCUT2D eigenvalue weighted by Gasteiger charge is -2.42. The lowest BCUT2D eigenvalue weighted by molar-refractivity contribution is -0.134. The van der Waals surface area contributed by atoms with Gasteiger partial charge >= 0.3 is 5.76 Å². The standard InChI is InChI=1S/C21H21N3O4/c25-19(8-9-23-17-4-1-2-6-18(17)28-21(23)27)22-11-14-10-15(13-22)16-5-3-7-20(26)24(16)12-14/h1-7,14-15H,8-13H2/t14-,15+/m1/s1. The van der Waals surface area contributed by atoms with Crippen LogP contribution in [0.1, 0.15) is 24.5 Å². The minimum Gasteiger partial charge on any atom is -0.408 e. The number of amides is 1. The van der Waals surface area contributed by atoms with E-state index in [1.54, 1.807) is 18.2 Å². The van der Waals surface area contributed by atoms with Crippen LogP contribution >= 0.6 is 0 Å². The van der Waals surface area contributed by atoms with E-state index in [0.29, 0.717) is 43.2 Å². The number of para-hydroxylation sites is 2. The van der Waals surface area contributed by atoms with Gasteiger partial charge in [-0.2, -0.15) is 0 Å². The predicted octanol–water partition coefficient (Wildman–Crippen LogP) is 1.79. The Balaban J connectivity index is 1.32. The van der Waals surface area contributed by atoms with Crippen molar-refractivity contribution in [3.05, 3.63) is 69.1 Å². The zero-order valence-electron chi connectivity index (χ0n) is 15.4. The highest BCUT2D eigenvalue weighted by Gasteiger charge is 2.36. The molecule has 0 spiro atoms. The molecule has 2 bridgehead atoms. The fourth-order valence-corrected chi connectivity index (χ4v) is 4.69. The van der Waals surface area contributed by atoms with E-state index in [9.17, 15) is 14.4 Å². The monoisotopic (exact) mass is 379 g/mol. The van der Waals surface area contributed by atoms with Gasteiger partial charge in [-0.05, 0) is 30.5 Å². The number of aryl methyl sites for hydroxylation is 1.